The number of anilines is 1. The van der Waals surface area contributed by atoms with Gasteiger partial charge in [0.25, 0.3) is 0 Å². The van der Waals surface area contributed by atoms with Crippen molar-refractivity contribution in [1.82, 2.24) is 9.78 Å². The van der Waals surface area contributed by atoms with Crippen LogP contribution in [0.5, 0.6) is 0 Å². The van der Waals surface area contributed by atoms with Crippen molar-refractivity contribution in [1.29, 1.82) is 0 Å². The summed E-state index contributed by atoms with van der Waals surface area (Å²) >= 11 is 0. The summed E-state index contributed by atoms with van der Waals surface area (Å²) < 4.78 is 2.03. The lowest BCUT2D eigenvalue weighted by atomic mass is 10.1. The number of hydrogen-bond acceptors (Lipinski definition) is 2. The van der Waals surface area contributed by atoms with Gasteiger partial charge in [0, 0.05) is 6.54 Å². The predicted molar refractivity (Wildman–Crippen MR) is 53.3 cm³/mol. The topological polar surface area (TPSA) is 43.8 Å². The highest BCUT2D eigenvalue weighted by atomic mass is 15.3. The lowest BCUT2D eigenvalue weighted by Gasteiger charge is -2.11. The first-order chi connectivity index (χ1) is 6.18. The van der Waals surface area contributed by atoms with Gasteiger partial charge in [-0.2, -0.15) is 5.10 Å². The minimum absolute atomic E-state index is 0.748. The smallest absolute Gasteiger partial charge is 0.0730 e. The number of nitrogens with zero attached hydrogens (tertiary/aromatic N) is 2. The SMILES string of the molecule is Cc1c(N)cnn1CC(C)C1CC1. The monoisotopic (exact) mass is 179 g/mol. The van der Waals surface area contributed by atoms with Crippen LogP contribution in [-0.4, -0.2) is 9.78 Å². The Balaban J connectivity index is 2.03. The number of aromatic nitrogens is 2. The van der Waals surface area contributed by atoms with Crippen molar-refractivity contribution in [3.05, 3.63) is 11.9 Å². The Morgan fingerprint density at radius 2 is 2.38 bits per heavy atom. The summed E-state index contributed by atoms with van der Waals surface area (Å²) in [5, 5.41) is 4.26. The van der Waals surface area contributed by atoms with Crippen molar-refractivity contribution >= 4 is 5.69 Å². The summed E-state index contributed by atoms with van der Waals surface area (Å²) in [7, 11) is 0. The molecule has 3 nitrogen and oxygen atoms in total. The molecule has 0 aromatic carbocycles. The predicted octanol–water partition coefficient (Wildman–Crippen LogP) is 1.82. The van der Waals surface area contributed by atoms with E-state index in [4.69, 9.17) is 5.73 Å². The molecule has 0 amide bonds. The zero-order valence-corrected chi connectivity index (χ0v) is 8.33. The molecule has 0 bridgehead atoms. The maximum atomic E-state index is 5.72. The van der Waals surface area contributed by atoms with Gasteiger partial charge >= 0.3 is 0 Å². The van der Waals surface area contributed by atoms with Crippen LogP contribution < -0.4 is 5.73 Å². The Morgan fingerprint density at radius 1 is 1.69 bits per heavy atom. The molecule has 1 aromatic heterocycles. The summed E-state index contributed by atoms with van der Waals surface area (Å²) in [4.78, 5) is 0. The molecule has 1 saturated carbocycles. The van der Waals surface area contributed by atoms with Crippen LogP contribution in [0.3, 0.4) is 0 Å². The summed E-state index contributed by atoms with van der Waals surface area (Å²) in [6.45, 7) is 5.35. The van der Waals surface area contributed by atoms with Crippen molar-refractivity contribution in [3.63, 3.8) is 0 Å². The van der Waals surface area contributed by atoms with Crippen molar-refractivity contribution in [2.45, 2.75) is 33.2 Å². The van der Waals surface area contributed by atoms with Crippen molar-refractivity contribution in [3.8, 4) is 0 Å². The van der Waals surface area contributed by atoms with E-state index in [1.165, 1.54) is 12.8 Å². The quantitative estimate of drug-likeness (QED) is 0.769. The fourth-order valence-electron chi connectivity index (χ4n) is 1.73. The van der Waals surface area contributed by atoms with Crippen LogP contribution >= 0.6 is 0 Å². The zero-order chi connectivity index (χ0) is 9.42. The van der Waals surface area contributed by atoms with Crippen molar-refractivity contribution in [2.24, 2.45) is 11.8 Å². The van der Waals surface area contributed by atoms with E-state index in [0.29, 0.717) is 0 Å². The van der Waals surface area contributed by atoms with Crippen LogP contribution in [0.15, 0.2) is 6.20 Å². The molecule has 1 atom stereocenters. The third kappa shape index (κ3) is 1.69. The average Bonchev–Trinajstić information content (AvgIpc) is 2.89. The zero-order valence-electron chi connectivity index (χ0n) is 8.33. The van der Waals surface area contributed by atoms with Crippen molar-refractivity contribution in [2.75, 3.05) is 5.73 Å². The molecule has 0 radical (unpaired) electrons. The first-order valence-corrected chi connectivity index (χ1v) is 4.96. The van der Waals surface area contributed by atoms with Gasteiger partial charge in [-0.25, -0.2) is 0 Å². The van der Waals surface area contributed by atoms with E-state index >= 15 is 0 Å². The van der Waals surface area contributed by atoms with Crippen LogP contribution in [0.25, 0.3) is 0 Å². The summed E-state index contributed by atoms with van der Waals surface area (Å²) in [6.07, 6.45) is 4.54. The third-order valence-electron chi connectivity index (χ3n) is 3.03. The second-order valence-electron chi connectivity index (χ2n) is 4.18. The van der Waals surface area contributed by atoms with E-state index < -0.39 is 0 Å². The Labute approximate surface area is 78.9 Å². The molecule has 13 heavy (non-hydrogen) atoms. The molecule has 0 aliphatic heterocycles. The van der Waals surface area contributed by atoms with E-state index in [1.54, 1.807) is 6.20 Å². The maximum Gasteiger partial charge on any atom is 0.0730 e. The fourth-order valence-corrected chi connectivity index (χ4v) is 1.73. The number of nitrogens with two attached hydrogens (primary N) is 1. The number of rotatable bonds is 3. The molecule has 3 heteroatoms. The van der Waals surface area contributed by atoms with Gasteiger partial charge in [-0.1, -0.05) is 6.92 Å². The second kappa shape index (κ2) is 3.05. The minimum atomic E-state index is 0.748. The van der Waals surface area contributed by atoms with Crippen LogP contribution in [0.4, 0.5) is 5.69 Å². The fraction of sp³-hybridized carbons (Fsp3) is 0.700. The van der Waals surface area contributed by atoms with Crippen LogP contribution in [0.2, 0.25) is 0 Å². The van der Waals surface area contributed by atoms with E-state index in [-0.39, 0.29) is 0 Å². The van der Waals surface area contributed by atoms with Gasteiger partial charge in [-0.3, -0.25) is 4.68 Å². The molecule has 0 spiro atoms. The van der Waals surface area contributed by atoms with Gasteiger partial charge in [0.05, 0.1) is 17.6 Å². The minimum Gasteiger partial charge on any atom is -0.396 e. The third-order valence-corrected chi connectivity index (χ3v) is 3.03. The van der Waals surface area contributed by atoms with Gasteiger partial charge in [0.2, 0.25) is 0 Å². The molecule has 1 fully saturated rings. The highest BCUT2D eigenvalue weighted by molar-refractivity contribution is 5.39. The molecule has 0 saturated heterocycles. The summed E-state index contributed by atoms with van der Waals surface area (Å²) in [5.74, 6) is 1.68. The van der Waals surface area contributed by atoms with E-state index in [0.717, 1.165) is 29.8 Å². The largest absolute Gasteiger partial charge is 0.396 e. The van der Waals surface area contributed by atoms with Gasteiger partial charge < -0.3 is 5.73 Å². The van der Waals surface area contributed by atoms with Crippen LogP contribution in [0, 0.1) is 18.8 Å². The Bertz CT molecular complexity index is 299. The standard InChI is InChI=1S/C10H17N3/c1-7(9-3-4-9)6-13-8(2)10(11)5-12-13/h5,7,9H,3-4,6,11H2,1-2H3. The van der Waals surface area contributed by atoms with E-state index in [9.17, 15) is 0 Å². The lowest BCUT2D eigenvalue weighted by Crippen LogP contribution is -2.12. The number of hydrogen-bond donors (Lipinski definition) is 1. The molecule has 72 valence electrons. The molecule has 1 unspecified atom stereocenters. The van der Waals surface area contributed by atoms with Crippen LogP contribution in [-0.2, 0) is 6.54 Å². The van der Waals surface area contributed by atoms with Crippen LogP contribution in [0.1, 0.15) is 25.5 Å². The summed E-state index contributed by atoms with van der Waals surface area (Å²) in [6, 6.07) is 0. The molecule has 2 N–H and O–H groups in total. The van der Waals surface area contributed by atoms with Crippen molar-refractivity contribution < 1.29 is 0 Å². The first-order valence-electron chi connectivity index (χ1n) is 4.96. The molecular formula is C10H17N3. The normalized spacial score (nSPS) is 18.9. The van der Waals surface area contributed by atoms with Gasteiger partial charge in [0.1, 0.15) is 0 Å². The van der Waals surface area contributed by atoms with Gasteiger partial charge in [-0.15, -0.1) is 0 Å². The first kappa shape index (κ1) is 8.60. The lowest BCUT2D eigenvalue weighted by molar-refractivity contribution is 0.401. The molecule has 2 rings (SSSR count). The second-order valence-corrected chi connectivity index (χ2v) is 4.18. The Hall–Kier alpha value is -0.990. The maximum absolute atomic E-state index is 5.72. The Morgan fingerprint density at radius 3 is 2.85 bits per heavy atom. The molecule has 1 heterocycles. The molecule has 1 aliphatic rings. The summed E-state index contributed by atoms with van der Waals surface area (Å²) in [5.41, 5.74) is 7.64. The average molecular weight is 179 g/mol. The molecule has 1 aromatic rings. The number of nitrogen functional groups attached to an aromatic ring is 1. The Kier molecular flexibility index (Phi) is 2.02. The van der Waals surface area contributed by atoms with E-state index in [2.05, 4.69) is 12.0 Å². The molecular weight excluding hydrogens is 162 g/mol. The highest BCUT2D eigenvalue weighted by Crippen LogP contribution is 2.37. The van der Waals surface area contributed by atoms with Gasteiger partial charge in [-0.05, 0) is 31.6 Å². The van der Waals surface area contributed by atoms with Gasteiger partial charge in [0.15, 0.2) is 0 Å². The van der Waals surface area contributed by atoms with E-state index in [1.807, 2.05) is 11.6 Å². The highest BCUT2D eigenvalue weighted by Gasteiger charge is 2.28. The molecule has 1 aliphatic carbocycles.